The van der Waals surface area contributed by atoms with Crippen LogP contribution >= 0.6 is 23.4 Å². The third kappa shape index (κ3) is 4.71. The number of nitrogens with zero attached hydrogens (tertiary/aromatic N) is 2. The Labute approximate surface area is 159 Å². The number of halogens is 1. The summed E-state index contributed by atoms with van der Waals surface area (Å²) < 4.78 is 0. The monoisotopic (exact) mass is 386 g/mol. The molecule has 3 aromatic rings. The van der Waals surface area contributed by atoms with Gasteiger partial charge in [0.05, 0.1) is 5.75 Å². The van der Waals surface area contributed by atoms with Crippen molar-refractivity contribution < 1.29 is 9.59 Å². The van der Waals surface area contributed by atoms with Gasteiger partial charge >= 0.3 is 0 Å². The van der Waals surface area contributed by atoms with E-state index in [1.54, 1.807) is 36.4 Å². The Kier molecular flexibility index (Phi) is 5.70. The van der Waals surface area contributed by atoms with Gasteiger partial charge in [-0.1, -0.05) is 35.5 Å². The van der Waals surface area contributed by atoms with E-state index >= 15 is 0 Å². The van der Waals surface area contributed by atoms with Gasteiger partial charge in [-0.2, -0.15) is 0 Å². The second-order valence-corrected chi connectivity index (χ2v) is 6.83. The molecule has 6 nitrogen and oxygen atoms in total. The maximum Gasteiger partial charge on any atom is 0.234 e. The molecule has 0 radical (unpaired) electrons. The lowest BCUT2D eigenvalue weighted by atomic mass is 10.1. The molecule has 0 fully saturated rings. The van der Waals surface area contributed by atoms with Gasteiger partial charge in [-0.3, -0.25) is 14.7 Å². The lowest BCUT2D eigenvalue weighted by Gasteiger charge is -2.05. The molecule has 0 bridgehead atoms. The summed E-state index contributed by atoms with van der Waals surface area (Å²) in [5.74, 6) is 0.514. The highest BCUT2D eigenvalue weighted by molar-refractivity contribution is 7.99. The van der Waals surface area contributed by atoms with Gasteiger partial charge in [0.2, 0.25) is 11.1 Å². The molecule has 0 saturated carbocycles. The number of rotatable bonds is 6. The average molecular weight is 387 g/mol. The van der Waals surface area contributed by atoms with E-state index in [9.17, 15) is 9.59 Å². The third-order valence-electron chi connectivity index (χ3n) is 3.47. The van der Waals surface area contributed by atoms with Crippen LogP contribution in [0, 0.1) is 0 Å². The predicted octanol–water partition coefficient (Wildman–Crippen LogP) is 4.06. The summed E-state index contributed by atoms with van der Waals surface area (Å²) in [7, 11) is 0. The normalized spacial score (nSPS) is 10.5. The molecular formula is C18H15ClN4O2S. The van der Waals surface area contributed by atoms with Crippen LogP contribution in [0.2, 0.25) is 5.02 Å². The largest absolute Gasteiger partial charge is 0.325 e. The fourth-order valence-electron chi connectivity index (χ4n) is 2.19. The number of anilines is 1. The second kappa shape index (κ2) is 8.16. The van der Waals surface area contributed by atoms with E-state index in [4.69, 9.17) is 11.6 Å². The fraction of sp³-hybridized carbons (Fsp3) is 0.111. The Morgan fingerprint density at radius 3 is 2.69 bits per heavy atom. The van der Waals surface area contributed by atoms with Crippen LogP contribution in [0.4, 0.5) is 5.69 Å². The Balaban J connectivity index is 1.57. The van der Waals surface area contributed by atoms with Crippen LogP contribution in [-0.2, 0) is 4.79 Å². The van der Waals surface area contributed by atoms with E-state index in [-0.39, 0.29) is 17.4 Å². The number of H-pyrrole nitrogens is 1. The molecule has 132 valence electrons. The van der Waals surface area contributed by atoms with Crippen LogP contribution in [0.15, 0.2) is 53.7 Å². The molecule has 0 aliphatic rings. The van der Waals surface area contributed by atoms with Crippen molar-refractivity contribution in [3.63, 3.8) is 0 Å². The summed E-state index contributed by atoms with van der Waals surface area (Å²) in [4.78, 5) is 27.8. The highest BCUT2D eigenvalue weighted by Crippen LogP contribution is 2.21. The maximum absolute atomic E-state index is 12.1. The van der Waals surface area contributed by atoms with Crippen molar-refractivity contribution >= 4 is 40.7 Å². The zero-order chi connectivity index (χ0) is 18.5. The first kappa shape index (κ1) is 18.2. The van der Waals surface area contributed by atoms with Crippen LogP contribution in [-0.4, -0.2) is 32.6 Å². The molecule has 2 aromatic carbocycles. The number of aromatic amines is 1. The lowest BCUT2D eigenvalue weighted by molar-refractivity contribution is -0.113. The van der Waals surface area contributed by atoms with Crippen molar-refractivity contribution in [1.82, 2.24) is 15.2 Å². The number of nitrogens with one attached hydrogen (secondary N) is 2. The summed E-state index contributed by atoms with van der Waals surface area (Å²) >= 11 is 7.09. The number of carbonyl (C=O) groups is 2. The predicted molar refractivity (Wildman–Crippen MR) is 103 cm³/mol. The summed E-state index contributed by atoms with van der Waals surface area (Å²) in [6, 6.07) is 14.0. The van der Waals surface area contributed by atoms with Crippen molar-refractivity contribution in [2.24, 2.45) is 0 Å². The molecule has 26 heavy (non-hydrogen) atoms. The molecule has 0 aliphatic carbocycles. The molecular weight excluding hydrogens is 372 g/mol. The van der Waals surface area contributed by atoms with E-state index in [2.05, 4.69) is 20.5 Å². The van der Waals surface area contributed by atoms with Gasteiger partial charge in [0.25, 0.3) is 0 Å². The van der Waals surface area contributed by atoms with Crippen molar-refractivity contribution in [2.45, 2.75) is 12.1 Å². The summed E-state index contributed by atoms with van der Waals surface area (Å²) in [5.41, 5.74) is 2.00. The molecule has 3 rings (SSSR count). The van der Waals surface area contributed by atoms with Crippen LogP contribution in [0.3, 0.4) is 0 Å². The van der Waals surface area contributed by atoms with Crippen LogP contribution in [0.5, 0.6) is 0 Å². The topological polar surface area (TPSA) is 87.7 Å². The van der Waals surface area contributed by atoms with E-state index in [0.717, 1.165) is 5.56 Å². The van der Waals surface area contributed by atoms with Gasteiger partial charge in [0, 0.05) is 21.8 Å². The Morgan fingerprint density at radius 1 is 1.19 bits per heavy atom. The molecule has 0 saturated heterocycles. The molecule has 0 aliphatic heterocycles. The van der Waals surface area contributed by atoms with Crippen molar-refractivity contribution in [3.8, 4) is 11.4 Å². The SMILES string of the molecule is CC(=O)c1cccc(NC(=O)CSc2n[nH]c(-c3ccc(Cl)cc3)n2)c1. The van der Waals surface area contributed by atoms with Gasteiger partial charge in [-0.25, -0.2) is 4.98 Å². The van der Waals surface area contributed by atoms with E-state index in [0.29, 0.717) is 27.3 Å². The molecule has 0 spiro atoms. The van der Waals surface area contributed by atoms with E-state index < -0.39 is 0 Å². The summed E-state index contributed by atoms with van der Waals surface area (Å²) in [6.45, 7) is 1.48. The van der Waals surface area contributed by atoms with Crippen LogP contribution in [0.1, 0.15) is 17.3 Å². The number of hydrogen-bond donors (Lipinski definition) is 2. The first-order valence-corrected chi connectivity index (χ1v) is 9.09. The minimum Gasteiger partial charge on any atom is -0.325 e. The van der Waals surface area contributed by atoms with E-state index in [1.165, 1.54) is 18.7 Å². The lowest BCUT2D eigenvalue weighted by Crippen LogP contribution is -2.14. The van der Waals surface area contributed by atoms with Gasteiger partial charge in [0.1, 0.15) is 0 Å². The molecule has 1 heterocycles. The first-order valence-electron chi connectivity index (χ1n) is 7.73. The van der Waals surface area contributed by atoms with Crippen molar-refractivity contribution in [3.05, 3.63) is 59.1 Å². The first-order chi connectivity index (χ1) is 12.5. The van der Waals surface area contributed by atoms with Crippen LogP contribution < -0.4 is 5.32 Å². The minimum atomic E-state index is -0.200. The number of Topliss-reactive ketones (excluding diaryl/α,β-unsaturated/α-hetero) is 1. The van der Waals surface area contributed by atoms with Crippen molar-refractivity contribution in [1.29, 1.82) is 0 Å². The number of carbonyl (C=O) groups excluding carboxylic acids is 2. The third-order valence-corrected chi connectivity index (χ3v) is 4.57. The Morgan fingerprint density at radius 2 is 1.96 bits per heavy atom. The number of aromatic nitrogens is 3. The van der Waals surface area contributed by atoms with Crippen LogP contribution in [0.25, 0.3) is 11.4 Å². The van der Waals surface area contributed by atoms with Gasteiger partial charge in [-0.15, -0.1) is 5.10 Å². The van der Waals surface area contributed by atoms with E-state index in [1.807, 2.05) is 12.1 Å². The molecule has 2 N–H and O–H groups in total. The Hall–Kier alpha value is -2.64. The highest BCUT2D eigenvalue weighted by atomic mass is 35.5. The smallest absolute Gasteiger partial charge is 0.234 e. The zero-order valence-corrected chi connectivity index (χ0v) is 15.4. The maximum atomic E-state index is 12.1. The van der Waals surface area contributed by atoms with Crippen molar-refractivity contribution in [2.75, 3.05) is 11.1 Å². The number of benzene rings is 2. The number of amides is 1. The zero-order valence-electron chi connectivity index (χ0n) is 13.8. The van der Waals surface area contributed by atoms with Gasteiger partial charge in [-0.05, 0) is 43.3 Å². The molecule has 0 unspecified atom stereocenters. The fourth-order valence-corrected chi connectivity index (χ4v) is 2.92. The summed E-state index contributed by atoms with van der Waals surface area (Å²) in [5, 5.41) is 10.8. The molecule has 1 amide bonds. The number of ketones is 1. The Bertz CT molecular complexity index is 940. The molecule has 8 heteroatoms. The highest BCUT2D eigenvalue weighted by Gasteiger charge is 2.10. The second-order valence-electron chi connectivity index (χ2n) is 5.45. The summed E-state index contributed by atoms with van der Waals surface area (Å²) in [6.07, 6.45) is 0. The number of hydrogen-bond acceptors (Lipinski definition) is 5. The molecule has 1 aromatic heterocycles. The quantitative estimate of drug-likeness (QED) is 0.492. The minimum absolute atomic E-state index is 0.0501. The average Bonchev–Trinajstić information content (AvgIpc) is 3.10. The molecule has 0 atom stereocenters. The van der Waals surface area contributed by atoms with Gasteiger partial charge in [0.15, 0.2) is 11.6 Å². The number of thioether (sulfide) groups is 1. The van der Waals surface area contributed by atoms with Gasteiger partial charge < -0.3 is 5.32 Å². The standard InChI is InChI=1S/C18H15ClN4O2S/c1-11(24)13-3-2-4-15(9-13)20-16(25)10-26-18-21-17(22-23-18)12-5-7-14(19)8-6-12/h2-9H,10H2,1H3,(H,20,25)(H,21,22,23).